The molecule has 0 aromatic heterocycles. The summed E-state index contributed by atoms with van der Waals surface area (Å²) in [5, 5.41) is 6.96. The van der Waals surface area contributed by atoms with E-state index in [9.17, 15) is 17.3 Å². The summed E-state index contributed by atoms with van der Waals surface area (Å²) in [5.74, 6) is 0. The average Bonchev–Trinajstić information content (AvgIpc) is 1.27. The third-order valence-electron chi connectivity index (χ3n) is 0. The number of hydrogen-bond acceptors (Lipinski definition) is 2. The Balaban J connectivity index is 0. The third kappa shape index (κ3) is 646. The van der Waals surface area contributed by atoms with Gasteiger partial charge < -0.3 is 17.3 Å². The summed E-state index contributed by atoms with van der Waals surface area (Å²) in [7, 11) is -3.46. The van der Waals surface area contributed by atoms with Crippen molar-refractivity contribution in [1.82, 2.24) is 0 Å². The lowest BCUT2D eigenvalue weighted by molar-refractivity contribution is -0.191. The lowest BCUT2D eigenvalue weighted by atomic mass is 10.3. The van der Waals surface area contributed by atoms with Crippen LogP contribution >= 0.6 is 0 Å². The van der Waals surface area contributed by atoms with Crippen LogP contribution in [0, 0.1) is 7.11 Å². The van der Waals surface area contributed by atoms with E-state index in [4.69, 9.17) is 5.26 Å². The van der Waals surface area contributed by atoms with E-state index < -0.39 is 7.25 Å². The summed E-state index contributed by atoms with van der Waals surface area (Å²) in [6, 6.07) is 0. The van der Waals surface area contributed by atoms with Crippen molar-refractivity contribution in [3.05, 3.63) is 7.11 Å². The van der Waals surface area contributed by atoms with Gasteiger partial charge in [0.2, 0.25) is 0 Å². The molecule has 0 saturated carbocycles. The Morgan fingerprint density at radius 2 is 1.25 bits per heavy atom. The minimum atomic E-state index is -6.00. The molecule has 0 unspecified atom stereocenters. The molecule has 7 heteroatoms. The van der Waals surface area contributed by atoms with Crippen LogP contribution < -0.4 is 0 Å². The number of hydrogen-bond donors (Lipinski definition) is 1. The Morgan fingerprint density at radius 3 is 1.25 bits per heavy atom. The zero-order chi connectivity index (χ0) is 7.21. The molecule has 0 rings (SSSR count). The Kier molecular flexibility index (Phi) is 6.23. The molecule has 0 aliphatic carbocycles. The maximum atomic E-state index is 9.75. The lowest BCUT2D eigenvalue weighted by Crippen LogP contribution is -2.02. The zero-order valence-corrected chi connectivity index (χ0v) is 3.65. The molecular formula is CH3BF4O2. The van der Waals surface area contributed by atoms with Gasteiger partial charge in [0.05, 0.1) is 0 Å². The number of rotatable bonds is 0. The van der Waals surface area contributed by atoms with E-state index in [1.54, 1.807) is 0 Å². The summed E-state index contributed by atoms with van der Waals surface area (Å²) in [4.78, 5) is 3.00. The largest absolute Gasteiger partial charge is 0.673 e. The van der Waals surface area contributed by atoms with Gasteiger partial charge in [-0.15, -0.1) is 0 Å². The van der Waals surface area contributed by atoms with Crippen molar-refractivity contribution in [2.75, 3.05) is 0 Å². The highest BCUT2D eigenvalue weighted by Gasteiger charge is 2.20. The highest BCUT2D eigenvalue weighted by atomic mass is 19.5. The molecular weight excluding hydrogens is 131 g/mol. The monoisotopic (exact) mass is 134 g/mol. The van der Waals surface area contributed by atoms with Crippen LogP contribution in [0.4, 0.5) is 17.3 Å². The zero-order valence-electron chi connectivity index (χ0n) is 3.65. The molecule has 0 aliphatic rings. The van der Waals surface area contributed by atoms with Gasteiger partial charge in [0.15, 0.2) is 0 Å². The van der Waals surface area contributed by atoms with E-state index in [1.807, 2.05) is 0 Å². The van der Waals surface area contributed by atoms with Crippen molar-refractivity contribution < 1.29 is 27.4 Å². The lowest BCUT2D eigenvalue weighted by Gasteiger charge is -1.94. The Hall–Kier alpha value is -0.425. The normalized spacial score (nSPS) is 9.62. The van der Waals surface area contributed by atoms with E-state index in [0.717, 1.165) is 0 Å². The molecule has 0 aromatic carbocycles. The smallest absolute Gasteiger partial charge is 0.418 e. The van der Waals surface area contributed by atoms with E-state index in [-0.39, 0.29) is 0 Å². The predicted molar refractivity (Wildman–Crippen MR) is 19.3 cm³/mol. The number of halogens is 4. The second-order valence-corrected chi connectivity index (χ2v) is 0.624. The molecule has 8 heavy (non-hydrogen) atoms. The van der Waals surface area contributed by atoms with Crippen molar-refractivity contribution in [3.8, 4) is 0 Å². The Labute approximate surface area is 43.1 Å². The van der Waals surface area contributed by atoms with Gasteiger partial charge in [0.1, 0.15) is 0 Å². The van der Waals surface area contributed by atoms with Crippen molar-refractivity contribution in [2.45, 2.75) is 0 Å². The molecule has 0 bridgehead atoms. The van der Waals surface area contributed by atoms with Crippen LogP contribution in [0.1, 0.15) is 0 Å². The molecule has 0 atom stereocenters. The fourth-order valence-corrected chi connectivity index (χ4v) is 0. The first kappa shape index (κ1) is 10.5. The van der Waals surface area contributed by atoms with Crippen LogP contribution in [-0.4, -0.2) is 12.5 Å². The van der Waals surface area contributed by atoms with Crippen LogP contribution in [0.25, 0.3) is 0 Å². The second-order valence-electron chi connectivity index (χ2n) is 0.624. The van der Waals surface area contributed by atoms with Crippen LogP contribution in [0.2, 0.25) is 0 Å². The molecule has 0 heterocycles. The molecule has 50 valence electrons. The first-order valence-electron chi connectivity index (χ1n) is 1.34. The van der Waals surface area contributed by atoms with Crippen LogP contribution in [0.5, 0.6) is 0 Å². The van der Waals surface area contributed by atoms with Gasteiger partial charge in [0, 0.05) is 0 Å². The van der Waals surface area contributed by atoms with Gasteiger partial charge in [-0.3, -0.25) is 0 Å². The van der Waals surface area contributed by atoms with Crippen LogP contribution in [0.15, 0.2) is 0 Å². The van der Waals surface area contributed by atoms with E-state index in [0.29, 0.717) is 0 Å². The van der Waals surface area contributed by atoms with Crippen molar-refractivity contribution in [3.63, 3.8) is 0 Å². The first-order chi connectivity index (χ1) is 3.41. The summed E-state index contributed by atoms with van der Waals surface area (Å²) in [5.41, 5.74) is 0. The SMILES string of the molecule is F[B-](F)(F)F.[CH2+]OO. The Bertz CT molecular complexity index is 37.8. The standard InChI is InChI=1S/CH2O2.BF4/c1-3-2;2-1(3,4)5/h1H2;/q;-1/p+1. The fourth-order valence-electron chi connectivity index (χ4n) is 0. The fraction of sp³-hybridized carbons (Fsp3) is 0. The van der Waals surface area contributed by atoms with E-state index >= 15 is 0 Å². The summed E-state index contributed by atoms with van der Waals surface area (Å²) in [6.07, 6.45) is 0. The molecule has 0 aliphatic heterocycles. The summed E-state index contributed by atoms with van der Waals surface area (Å²) >= 11 is 0. The van der Waals surface area contributed by atoms with Gasteiger partial charge in [-0.2, -0.15) is 0 Å². The maximum absolute atomic E-state index is 9.75. The topological polar surface area (TPSA) is 29.5 Å². The Morgan fingerprint density at radius 1 is 1.25 bits per heavy atom. The minimum Gasteiger partial charge on any atom is -0.418 e. The molecule has 0 radical (unpaired) electrons. The molecule has 0 saturated heterocycles. The summed E-state index contributed by atoms with van der Waals surface area (Å²) in [6.45, 7) is 0. The van der Waals surface area contributed by atoms with Gasteiger partial charge in [0.25, 0.3) is 7.11 Å². The summed E-state index contributed by atoms with van der Waals surface area (Å²) < 4.78 is 39.0. The first-order valence-corrected chi connectivity index (χ1v) is 1.34. The molecule has 0 amide bonds. The third-order valence-corrected chi connectivity index (χ3v) is 0. The second kappa shape index (κ2) is 4.73. The van der Waals surface area contributed by atoms with Gasteiger partial charge in [-0.1, -0.05) is 0 Å². The highest BCUT2D eigenvalue weighted by Crippen LogP contribution is 2.06. The van der Waals surface area contributed by atoms with Crippen molar-refractivity contribution in [2.24, 2.45) is 0 Å². The van der Waals surface area contributed by atoms with Crippen molar-refractivity contribution >= 4 is 7.25 Å². The quantitative estimate of drug-likeness (QED) is 0.179. The van der Waals surface area contributed by atoms with Gasteiger partial charge in [-0.05, 0) is 4.89 Å². The molecule has 2 nitrogen and oxygen atoms in total. The molecule has 0 aromatic rings. The van der Waals surface area contributed by atoms with Crippen LogP contribution in [-0.2, 0) is 4.89 Å². The molecule has 0 spiro atoms. The van der Waals surface area contributed by atoms with Crippen molar-refractivity contribution in [1.29, 1.82) is 0 Å². The molecule has 0 fully saturated rings. The minimum absolute atomic E-state index is 2.54. The predicted octanol–water partition coefficient (Wildman–Crippen LogP) is 1.57. The maximum Gasteiger partial charge on any atom is 0.673 e. The highest BCUT2D eigenvalue weighted by molar-refractivity contribution is 6.50. The van der Waals surface area contributed by atoms with E-state index in [2.05, 4.69) is 12.0 Å². The molecule has 1 N–H and O–H groups in total. The van der Waals surface area contributed by atoms with E-state index in [1.165, 1.54) is 0 Å². The van der Waals surface area contributed by atoms with Gasteiger partial charge >= 0.3 is 7.25 Å². The van der Waals surface area contributed by atoms with Crippen LogP contribution in [0.3, 0.4) is 0 Å². The average molecular weight is 134 g/mol. The van der Waals surface area contributed by atoms with Gasteiger partial charge in [-0.25, -0.2) is 5.26 Å².